The van der Waals surface area contributed by atoms with Crippen molar-refractivity contribution < 1.29 is 24.2 Å². The van der Waals surface area contributed by atoms with Crippen molar-refractivity contribution in [3.05, 3.63) is 18.2 Å². The number of nitrogens with one attached hydrogen (secondary N) is 1. The van der Waals surface area contributed by atoms with Crippen molar-refractivity contribution in [3.63, 3.8) is 0 Å². The lowest BCUT2D eigenvalue weighted by molar-refractivity contribution is -0.138. The molecule has 0 fully saturated rings. The van der Waals surface area contributed by atoms with Crippen molar-refractivity contribution in [1.82, 2.24) is 0 Å². The van der Waals surface area contributed by atoms with E-state index in [1.165, 1.54) is 0 Å². The maximum atomic E-state index is 11.7. The zero-order valence-corrected chi connectivity index (χ0v) is 11.6. The number of fused-ring (bicyclic) bond motifs is 1. The van der Waals surface area contributed by atoms with Crippen LogP contribution in [-0.4, -0.2) is 36.0 Å². The van der Waals surface area contributed by atoms with Crippen molar-refractivity contribution >= 4 is 29.2 Å². The third-order valence-corrected chi connectivity index (χ3v) is 3.07. The normalized spacial score (nSPS) is 13.4. The zero-order valence-electron chi connectivity index (χ0n) is 11.6. The Morgan fingerprint density at radius 3 is 2.81 bits per heavy atom. The molecule has 0 atom stereocenters. The highest BCUT2D eigenvalue weighted by molar-refractivity contribution is 5.99. The minimum atomic E-state index is -1.02. The third kappa shape index (κ3) is 3.50. The Morgan fingerprint density at radius 1 is 1.38 bits per heavy atom. The molecule has 2 amide bonds. The second-order valence-electron chi connectivity index (χ2n) is 4.55. The summed E-state index contributed by atoms with van der Waals surface area (Å²) in [6.07, 6.45) is -0.321. The second kappa shape index (κ2) is 6.25. The van der Waals surface area contributed by atoms with E-state index in [1.807, 2.05) is 6.92 Å². The van der Waals surface area contributed by atoms with Gasteiger partial charge in [-0.1, -0.05) is 0 Å². The van der Waals surface area contributed by atoms with Crippen LogP contribution in [0.2, 0.25) is 0 Å². The van der Waals surface area contributed by atoms with Crippen LogP contribution in [0.4, 0.5) is 11.4 Å². The minimum Gasteiger partial charge on any atom is -0.482 e. The van der Waals surface area contributed by atoms with Gasteiger partial charge in [-0.05, 0) is 25.1 Å². The van der Waals surface area contributed by atoms with Gasteiger partial charge in [0.2, 0.25) is 5.91 Å². The molecular weight excluding hydrogens is 276 g/mol. The first-order valence-electron chi connectivity index (χ1n) is 6.60. The SMILES string of the molecule is CCN1C(=O)COc2ccc(NC(=O)CCC(=O)O)cc21. The molecule has 0 saturated carbocycles. The lowest BCUT2D eigenvalue weighted by Gasteiger charge is -2.28. The first kappa shape index (κ1) is 14.8. The van der Waals surface area contributed by atoms with Gasteiger partial charge in [-0.15, -0.1) is 0 Å². The van der Waals surface area contributed by atoms with Gasteiger partial charge in [0.05, 0.1) is 12.1 Å². The molecular formula is C14H16N2O5. The topological polar surface area (TPSA) is 95.9 Å². The summed E-state index contributed by atoms with van der Waals surface area (Å²) in [5.74, 6) is -0.963. The fourth-order valence-electron chi connectivity index (χ4n) is 2.07. The quantitative estimate of drug-likeness (QED) is 0.851. The lowest BCUT2D eigenvalue weighted by atomic mass is 10.2. The van der Waals surface area contributed by atoms with Crippen LogP contribution >= 0.6 is 0 Å². The van der Waals surface area contributed by atoms with Crippen LogP contribution in [0.25, 0.3) is 0 Å². The molecule has 1 aromatic carbocycles. The van der Waals surface area contributed by atoms with Gasteiger partial charge in [0.25, 0.3) is 5.91 Å². The van der Waals surface area contributed by atoms with Crippen molar-refractivity contribution in [2.75, 3.05) is 23.4 Å². The summed E-state index contributed by atoms with van der Waals surface area (Å²) in [7, 11) is 0. The van der Waals surface area contributed by atoms with Crippen LogP contribution in [0.1, 0.15) is 19.8 Å². The van der Waals surface area contributed by atoms with Crippen molar-refractivity contribution in [3.8, 4) is 5.75 Å². The number of rotatable bonds is 5. The number of hydrogen-bond acceptors (Lipinski definition) is 4. The molecule has 2 N–H and O–H groups in total. The van der Waals surface area contributed by atoms with Crippen LogP contribution in [0.3, 0.4) is 0 Å². The fraction of sp³-hybridized carbons (Fsp3) is 0.357. The Morgan fingerprint density at radius 2 is 2.14 bits per heavy atom. The summed E-state index contributed by atoms with van der Waals surface area (Å²) >= 11 is 0. The van der Waals surface area contributed by atoms with E-state index < -0.39 is 5.97 Å². The Kier molecular flexibility index (Phi) is 4.42. The third-order valence-electron chi connectivity index (χ3n) is 3.07. The van der Waals surface area contributed by atoms with Gasteiger partial charge >= 0.3 is 5.97 Å². The molecule has 1 aliphatic heterocycles. The molecule has 1 aliphatic rings. The predicted molar refractivity (Wildman–Crippen MR) is 75.5 cm³/mol. The highest BCUT2D eigenvalue weighted by Crippen LogP contribution is 2.34. The molecule has 0 aliphatic carbocycles. The molecule has 0 unspecified atom stereocenters. The number of carbonyl (C=O) groups is 3. The van der Waals surface area contributed by atoms with Crippen molar-refractivity contribution in [2.45, 2.75) is 19.8 Å². The van der Waals surface area contributed by atoms with E-state index in [-0.39, 0.29) is 31.3 Å². The molecule has 7 nitrogen and oxygen atoms in total. The summed E-state index contributed by atoms with van der Waals surface area (Å²) in [4.78, 5) is 35.4. The van der Waals surface area contributed by atoms with E-state index >= 15 is 0 Å². The standard InChI is InChI=1S/C14H16N2O5/c1-2-16-10-7-9(15-12(17)5-6-14(19)20)3-4-11(10)21-8-13(16)18/h3-4,7H,2,5-6,8H2,1H3,(H,15,17)(H,19,20). The van der Waals surface area contributed by atoms with E-state index in [4.69, 9.17) is 9.84 Å². The Labute approximate surface area is 121 Å². The average molecular weight is 292 g/mol. The summed E-state index contributed by atoms with van der Waals surface area (Å²) < 4.78 is 5.33. The number of carboxylic acid groups (broad SMARTS) is 1. The van der Waals surface area contributed by atoms with Crippen LogP contribution in [0.15, 0.2) is 18.2 Å². The number of hydrogen-bond donors (Lipinski definition) is 2. The number of carbonyl (C=O) groups excluding carboxylic acids is 2. The van der Waals surface area contributed by atoms with Crippen LogP contribution in [0, 0.1) is 0 Å². The van der Waals surface area contributed by atoms with Crippen molar-refractivity contribution in [2.24, 2.45) is 0 Å². The van der Waals surface area contributed by atoms with Gasteiger partial charge in [-0.25, -0.2) is 0 Å². The van der Waals surface area contributed by atoms with Gasteiger partial charge in [0, 0.05) is 18.7 Å². The maximum Gasteiger partial charge on any atom is 0.303 e. The Balaban J connectivity index is 2.13. The molecule has 1 heterocycles. The summed E-state index contributed by atoms with van der Waals surface area (Å²) in [6.45, 7) is 2.36. The molecule has 2 rings (SSSR count). The number of amides is 2. The molecule has 1 aromatic rings. The number of aliphatic carboxylic acids is 1. The number of benzene rings is 1. The van der Waals surface area contributed by atoms with Crippen LogP contribution in [0.5, 0.6) is 5.75 Å². The molecule has 112 valence electrons. The average Bonchev–Trinajstić information content (AvgIpc) is 2.45. The molecule has 0 spiro atoms. The number of carboxylic acids is 1. The van der Waals surface area contributed by atoms with E-state index in [0.29, 0.717) is 23.7 Å². The minimum absolute atomic E-state index is 0.00512. The molecule has 0 radical (unpaired) electrons. The lowest BCUT2D eigenvalue weighted by Crippen LogP contribution is -2.38. The van der Waals surface area contributed by atoms with Gasteiger partial charge in [-0.3, -0.25) is 14.4 Å². The number of nitrogens with zero attached hydrogens (tertiary/aromatic N) is 1. The van der Waals surface area contributed by atoms with Crippen LogP contribution < -0.4 is 15.0 Å². The number of ether oxygens (including phenoxy) is 1. The molecule has 21 heavy (non-hydrogen) atoms. The van der Waals surface area contributed by atoms with Gasteiger partial charge in [0.1, 0.15) is 5.75 Å². The highest BCUT2D eigenvalue weighted by Gasteiger charge is 2.24. The first-order valence-corrected chi connectivity index (χ1v) is 6.60. The molecule has 0 saturated heterocycles. The maximum absolute atomic E-state index is 11.7. The van der Waals surface area contributed by atoms with E-state index in [0.717, 1.165) is 0 Å². The van der Waals surface area contributed by atoms with Gasteiger partial charge < -0.3 is 20.1 Å². The molecule has 0 bridgehead atoms. The Hall–Kier alpha value is -2.57. The van der Waals surface area contributed by atoms with E-state index in [2.05, 4.69) is 5.32 Å². The fourth-order valence-corrected chi connectivity index (χ4v) is 2.07. The molecule has 0 aromatic heterocycles. The monoisotopic (exact) mass is 292 g/mol. The second-order valence-corrected chi connectivity index (χ2v) is 4.55. The van der Waals surface area contributed by atoms with Gasteiger partial charge in [0.15, 0.2) is 6.61 Å². The largest absolute Gasteiger partial charge is 0.482 e. The van der Waals surface area contributed by atoms with E-state index in [9.17, 15) is 14.4 Å². The first-order chi connectivity index (χ1) is 10.0. The number of likely N-dealkylation sites (N-methyl/N-ethyl adjacent to an activating group) is 1. The summed E-state index contributed by atoms with van der Waals surface area (Å²) in [5, 5.41) is 11.2. The summed E-state index contributed by atoms with van der Waals surface area (Å²) in [5.41, 5.74) is 1.10. The predicted octanol–water partition coefficient (Wildman–Crippen LogP) is 1.24. The summed E-state index contributed by atoms with van der Waals surface area (Å²) in [6, 6.07) is 4.98. The van der Waals surface area contributed by atoms with Crippen molar-refractivity contribution in [1.29, 1.82) is 0 Å². The highest BCUT2D eigenvalue weighted by atomic mass is 16.5. The van der Waals surface area contributed by atoms with E-state index in [1.54, 1.807) is 23.1 Å². The molecule has 7 heteroatoms. The zero-order chi connectivity index (χ0) is 15.4. The Bertz CT molecular complexity index is 585. The smallest absolute Gasteiger partial charge is 0.303 e. The van der Waals surface area contributed by atoms with Gasteiger partial charge in [-0.2, -0.15) is 0 Å². The van der Waals surface area contributed by atoms with Crippen LogP contribution in [-0.2, 0) is 14.4 Å². The number of anilines is 2.